The minimum Gasteiger partial charge on any atom is -1.00 e. The van der Waals surface area contributed by atoms with Gasteiger partial charge in [0.05, 0.1) is 0 Å². The molecule has 0 aromatic heterocycles. The number of hydrogen-bond donors (Lipinski definition) is 1. The van der Waals surface area contributed by atoms with Gasteiger partial charge in [0.1, 0.15) is 0 Å². The second-order valence-electron chi connectivity index (χ2n) is 0. The van der Waals surface area contributed by atoms with E-state index in [2.05, 4.69) is 5.73 Å². The summed E-state index contributed by atoms with van der Waals surface area (Å²) in [6.07, 6.45) is 0. The summed E-state index contributed by atoms with van der Waals surface area (Å²) in [6, 6.07) is 0. The molecule has 5 heteroatoms. The maximum Gasteiger partial charge on any atom is 3.00 e. The third kappa shape index (κ3) is 33.6. The Labute approximate surface area is 88.9 Å². The SMILES string of the molecule is Br.CN.[Bi+3].[Br-].[Br-]. The molecule has 2 radical (unpaired) electrons. The molecule has 0 unspecified atom stereocenters. The first kappa shape index (κ1) is 40.8. The summed E-state index contributed by atoms with van der Waals surface area (Å²) in [5.41, 5.74) is 4.50. The molecule has 0 bridgehead atoms. The predicted molar refractivity (Wildman–Crippen MR) is 26.2 cm³/mol. The Hall–Kier alpha value is 2.28. The van der Waals surface area contributed by atoms with E-state index in [0.717, 1.165) is 0 Å². The molecule has 0 aromatic carbocycles. The normalized spacial score (nSPS) is 1.00. The summed E-state index contributed by atoms with van der Waals surface area (Å²) < 4.78 is 0. The van der Waals surface area contributed by atoms with Crippen molar-refractivity contribution in [3.05, 3.63) is 0 Å². The standard InChI is InChI=1S/CH5N.Bi.3BrH/c1-2;;;;/h2H2,1H3;;3*1H/q;+3;;;/p-2. The second-order valence-corrected chi connectivity index (χ2v) is 0. The van der Waals surface area contributed by atoms with Crippen molar-refractivity contribution in [3.8, 4) is 0 Å². The molecule has 0 saturated heterocycles. The molecule has 0 amide bonds. The first-order valence-electron chi connectivity index (χ1n) is 0.577. The summed E-state index contributed by atoms with van der Waals surface area (Å²) in [5, 5.41) is 0. The van der Waals surface area contributed by atoms with Crippen LogP contribution in [0.2, 0.25) is 0 Å². The first-order valence-corrected chi connectivity index (χ1v) is 0.577. The first-order chi connectivity index (χ1) is 1.00. The van der Waals surface area contributed by atoms with E-state index in [9.17, 15) is 0 Å². The summed E-state index contributed by atoms with van der Waals surface area (Å²) in [4.78, 5) is 0. The van der Waals surface area contributed by atoms with Crippen molar-refractivity contribution < 1.29 is 34.0 Å². The van der Waals surface area contributed by atoms with E-state index < -0.39 is 0 Å². The van der Waals surface area contributed by atoms with Crippen LogP contribution >= 0.6 is 17.0 Å². The molecule has 2 N–H and O–H groups in total. The molecule has 0 spiro atoms. The van der Waals surface area contributed by atoms with Crippen molar-refractivity contribution >= 4 is 43.2 Å². The molecule has 0 aliphatic carbocycles. The number of rotatable bonds is 0. The van der Waals surface area contributed by atoms with Gasteiger partial charge in [-0.15, -0.1) is 17.0 Å². The van der Waals surface area contributed by atoms with E-state index in [4.69, 9.17) is 0 Å². The maximum atomic E-state index is 4.50. The topological polar surface area (TPSA) is 26.0 Å². The van der Waals surface area contributed by atoms with Gasteiger partial charge in [0.2, 0.25) is 0 Å². The summed E-state index contributed by atoms with van der Waals surface area (Å²) in [7, 11) is 1.50. The van der Waals surface area contributed by atoms with E-state index in [1.54, 1.807) is 0 Å². The molecule has 0 aliphatic heterocycles. The molecule has 6 heavy (non-hydrogen) atoms. The van der Waals surface area contributed by atoms with Crippen molar-refractivity contribution in [2.45, 2.75) is 0 Å². The van der Waals surface area contributed by atoms with E-state index >= 15 is 0 Å². The minimum absolute atomic E-state index is 0. The van der Waals surface area contributed by atoms with Gasteiger partial charge in [-0.1, -0.05) is 0 Å². The fourth-order valence-corrected chi connectivity index (χ4v) is 0. The van der Waals surface area contributed by atoms with E-state index in [1.807, 2.05) is 0 Å². The zero-order valence-electron chi connectivity index (χ0n) is 3.19. The van der Waals surface area contributed by atoms with Gasteiger partial charge in [0.15, 0.2) is 0 Å². The molecular formula is CH6BiBr3N+. The fraction of sp³-hybridized carbons (Fsp3) is 1.00. The van der Waals surface area contributed by atoms with Crippen molar-refractivity contribution in [2.75, 3.05) is 7.05 Å². The van der Waals surface area contributed by atoms with Crippen molar-refractivity contribution in [1.29, 1.82) is 0 Å². The van der Waals surface area contributed by atoms with Crippen molar-refractivity contribution in [1.82, 2.24) is 0 Å². The van der Waals surface area contributed by atoms with E-state index in [0.29, 0.717) is 0 Å². The van der Waals surface area contributed by atoms with Gasteiger partial charge in [-0.2, -0.15) is 0 Å². The zero-order valence-corrected chi connectivity index (χ0v) is 11.6. The molecule has 0 aromatic rings. The van der Waals surface area contributed by atoms with Crippen LogP contribution in [0.15, 0.2) is 0 Å². The van der Waals surface area contributed by atoms with Gasteiger partial charge in [-0.05, 0) is 7.05 Å². The van der Waals surface area contributed by atoms with E-state index in [1.165, 1.54) is 7.05 Å². The summed E-state index contributed by atoms with van der Waals surface area (Å²) in [5.74, 6) is 0. The Bertz CT molecular complexity index is 10.8. The molecule has 0 heterocycles. The molecule has 40 valence electrons. The average Bonchev–Trinajstić information content (AvgIpc) is 1.00. The summed E-state index contributed by atoms with van der Waals surface area (Å²) >= 11 is 0. The van der Waals surface area contributed by atoms with Crippen molar-refractivity contribution in [2.24, 2.45) is 5.73 Å². The molecule has 0 fully saturated rings. The number of halogens is 3. The van der Waals surface area contributed by atoms with Gasteiger partial charge < -0.3 is 39.7 Å². The Morgan fingerprint density at radius 1 is 1.00 bits per heavy atom. The van der Waals surface area contributed by atoms with Crippen LogP contribution in [0.4, 0.5) is 0 Å². The summed E-state index contributed by atoms with van der Waals surface area (Å²) in [6.45, 7) is 0. The Kier molecular flexibility index (Phi) is 375. The monoisotopic (exact) mass is 478 g/mol. The smallest absolute Gasteiger partial charge is 1.00 e. The van der Waals surface area contributed by atoms with Crippen LogP contribution in [0.25, 0.3) is 0 Å². The van der Waals surface area contributed by atoms with Gasteiger partial charge in [0.25, 0.3) is 0 Å². The van der Waals surface area contributed by atoms with Gasteiger partial charge in [-0.25, -0.2) is 0 Å². The van der Waals surface area contributed by atoms with Crippen LogP contribution in [0, 0.1) is 0 Å². The van der Waals surface area contributed by atoms with Crippen LogP contribution in [-0.4, -0.2) is 33.3 Å². The third-order valence-corrected chi connectivity index (χ3v) is 0. The molecular weight excluding hydrogens is 475 g/mol. The number of nitrogens with two attached hydrogens (primary N) is 1. The van der Waals surface area contributed by atoms with Crippen molar-refractivity contribution in [3.63, 3.8) is 0 Å². The Morgan fingerprint density at radius 3 is 1.00 bits per heavy atom. The van der Waals surface area contributed by atoms with Crippen LogP contribution < -0.4 is 39.7 Å². The maximum absolute atomic E-state index is 4.50. The van der Waals surface area contributed by atoms with Crippen LogP contribution in [0.5, 0.6) is 0 Å². The van der Waals surface area contributed by atoms with E-state index in [-0.39, 0.29) is 77.1 Å². The van der Waals surface area contributed by atoms with Crippen LogP contribution in [-0.2, 0) is 0 Å². The number of hydrogen-bond acceptors (Lipinski definition) is 1. The third-order valence-electron chi connectivity index (χ3n) is 0. The van der Waals surface area contributed by atoms with Crippen LogP contribution in [0.3, 0.4) is 0 Å². The largest absolute Gasteiger partial charge is 3.00 e. The fourth-order valence-electron chi connectivity index (χ4n) is 0. The van der Waals surface area contributed by atoms with Gasteiger partial charge in [-0.3, -0.25) is 0 Å². The van der Waals surface area contributed by atoms with Gasteiger partial charge >= 0.3 is 26.2 Å². The average molecular weight is 481 g/mol. The van der Waals surface area contributed by atoms with Crippen LogP contribution in [0.1, 0.15) is 0 Å². The Balaban J connectivity index is -0.000000000833. The zero-order chi connectivity index (χ0) is 2.00. The molecule has 0 saturated carbocycles. The molecule has 0 rings (SSSR count). The quantitative estimate of drug-likeness (QED) is 0.343. The van der Waals surface area contributed by atoms with Gasteiger partial charge in [0, 0.05) is 0 Å². The predicted octanol–water partition coefficient (Wildman–Crippen LogP) is -6.22. The Morgan fingerprint density at radius 2 is 1.00 bits per heavy atom. The molecule has 1 nitrogen and oxygen atoms in total. The molecule has 0 atom stereocenters. The minimum atomic E-state index is 0. The second kappa shape index (κ2) is 55.2. The molecule has 0 aliphatic rings.